The number of aromatic nitrogens is 2. The van der Waals surface area contributed by atoms with E-state index in [0.29, 0.717) is 5.82 Å². The summed E-state index contributed by atoms with van der Waals surface area (Å²) < 4.78 is 4.73. The number of esters is 1. The molecule has 0 aliphatic heterocycles. The molecule has 0 unspecified atom stereocenters. The highest BCUT2D eigenvalue weighted by molar-refractivity contribution is 5.83. The fourth-order valence-electron chi connectivity index (χ4n) is 1.41. The van der Waals surface area contributed by atoms with Crippen molar-refractivity contribution in [2.24, 2.45) is 0 Å². The molecule has 1 aromatic heterocycles. The first-order valence-corrected chi connectivity index (χ1v) is 5.80. The summed E-state index contributed by atoms with van der Waals surface area (Å²) >= 11 is 0. The minimum atomic E-state index is -0.828. The second kappa shape index (κ2) is 5.66. The Balaban J connectivity index is 2.88. The van der Waals surface area contributed by atoms with Crippen molar-refractivity contribution in [3.05, 3.63) is 12.4 Å². The molecule has 100 valence electrons. The number of anilines is 2. The molecule has 1 aromatic rings. The lowest BCUT2D eigenvalue weighted by Gasteiger charge is -2.24. The zero-order valence-corrected chi connectivity index (χ0v) is 11.5. The van der Waals surface area contributed by atoms with Crippen LogP contribution in [-0.4, -0.2) is 42.2 Å². The van der Waals surface area contributed by atoms with E-state index in [1.807, 2.05) is 18.9 Å². The zero-order chi connectivity index (χ0) is 13.8. The number of carbonyl (C=O) groups excluding carboxylic acids is 1. The molecular weight excluding hydrogens is 232 g/mol. The number of nitrogens with zero attached hydrogens (tertiary/aromatic N) is 3. The number of nitrogens with one attached hydrogen (secondary N) is 1. The van der Waals surface area contributed by atoms with Crippen LogP contribution in [0.3, 0.4) is 0 Å². The van der Waals surface area contributed by atoms with E-state index in [0.717, 1.165) is 12.4 Å². The molecule has 0 amide bonds. The van der Waals surface area contributed by atoms with Gasteiger partial charge in [0.15, 0.2) is 0 Å². The molecule has 0 aliphatic carbocycles. The SMILES string of the molecule is CCN(C)c1cc(NC(C)(C)C(=O)OC)ncn1. The van der Waals surface area contributed by atoms with Gasteiger partial charge in [0.1, 0.15) is 23.5 Å². The Hall–Kier alpha value is -1.85. The number of ether oxygens (including phenoxy) is 1. The van der Waals surface area contributed by atoms with Crippen molar-refractivity contribution in [1.82, 2.24) is 9.97 Å². The Morgan fingerprint density at radius 3 is 2.72 bits per heavy atom. The van der Waals surface area contributed by atoms with E-state index < -0.39 is 5.54 Å². The maximum Gasteiger partial charge on any atom is 0.330 e. The van der Waals surface area contributed by atoms with Crippen molar-refractivity contribution in [2.45, 2.75) is 26.3 Å². The largest absolute Gasteiger partial charge is 0.467 e. The van der Waals surface area contributed by atoms with Gasteiger partial charge in [-0.05, 0) is 20.8 Å². The van der Waals surface area contributed by atoms with E-state index in [1.54, 1.807) is 19.9 Å². The fraction of sp³-hybridized carbons (Fsp3) is 0.583. The first-order chi connectivity index (χ1) is 8.40. The van der Waals surface area contributed by atoms with Gasteiger partial charge in [-0.3, -0.25) is 0 Å². The molecule has 18 heavy (non-hydrogen) atoms. The van der Waals surface area contributed by atoms with Crippen LogP contribution in [0.5, 0.6) is 0 Å². The second-order valence-electron chi connectivity index (χ2n) is 4.52. The van der Waals surface area contributed by atoms with E-state index in [-0.39, 0.29) is 5.97 Å². The van der Waals surface area contributed by atoms with Crippen LogP contribution >= 0.6 is 0 Å². The number of carbonyl (C=O) groups is 1. The van der Waals surface area contributed by atoms with Crippen LogP contribution in [0.1, 0.15) is 20.8 Å². The monoisotopic (exact) mass is 252 g/mol. The lowest BCUT2D eigenvalue weighted by molar-refractivity contribution is -0.144. The lowest BCUT2D eigenvalue weighted by atomic mass is 10.1. The third-order valence-corrected chi connectivity index (χ3v) is 2.65. The standard InChI is InChI=1S/C12H20N4O2/c1-6-16(4)10-7-9(13-8-14-10)15-12(2,3)11(17)18-5/h7-8H,6H2,1-5H3,(H,13,14,15). The molecule has 1 rings (SSSR count). The average molecular weight is 252 g/mol. The molecule has 6 heteroatoms. The van der Waals surface area contributed by atoms with Crippen LogP contribution in [0, 0.1) is 0 Å². The Morgan fingerprint density at radius 2 is 2.17 bits per heavy atom. The van der Waals surface area contributed by atoms with Crippen molar-refractivity contribution in [3.63, 3.8) is 0 Å². The molecule has 0 atom stereocenters. The number of hydrogen-bond donors (Lipinski definition) is 1. The van der Waals surface area contributed by atoms with Gasteiger partial charge < -0.3 is 15.0 Å². The van der Waals surface area contributed by atoms with Crippen molar-refractivity contribution < 1.29 is 9.53 Å². The minimum Gasteiger partial charge on any atom is -0.467 e. The van der Waals surface area contributed by atoms with Gasteiger partial charge in [0, 0.05) is 19.7 Å². The molecule has 0 saturated heterocycles. The maximum atomic E-state index is 11.6. The predicted molar refractivity (Wildman–Crippen MR) is 70.7 cm³/mol. The van der Waals surface area contributed by atoms with Crippen LogP contribution in [0.15, 0.2) is 12.4 Å². The number of rotatable bonds is 5. The van der Waals surface area contributed by atoms with E-state index in [2.05, 4.69) is 15.3 Å². The van der Waals surface area contributed by atoms with Gasteiger partial charge in [0.2, 0.25) is 0 Å². The maximum absolute atomic E-state index is 11.6. The normalized spacial score (nSPS) is 10.9. The Morgan fingerprint density at radius 1 is 1.50 bits per heavy atom. The van der Waals surface area contributed by atoms with Gasteiger partial charge in [-0.2, -0.15) is 0 Å². The zero-order valence-electron chi connectivity index (χ0n) is 11.5. The third kappa shape index (κ3) is 3.32. The molecule has 0 aromatic carbocycles. The van der Waals surface area contributed by atoms with E-state index in [1.165, 1.54) is 13.4 Å². The van der Waals surface area contributed by atoms with Gasteiger partial charge >= 0.3 is 5.97 Å². The second-order valence-corrected chi connectivity index (χ2v) is 4.52. The Bertz CT molecular complexity index is 420. The van der Waals surface area contributed by atoms with Gasteiger partial charge in [-0.1, -0.05) is 0 Å². The Kier molecular flexibility index (Phi) is 4.47. The van der Waals surface area contributed by atoms with Crippen LogP contribution in [0.4, 0.5) is 11.6 Å². The summed E-state index contributed by atoms with van der Waals surface area (Å²) in [6.45, 7) is 6.36. The molecule has 0 fully saturated rings. The first-order valence-electron chi connectivity index (χ1n) is 5.80. The van der Waals surface area contributed by atoms with Crippen LogP contribution < -0.4 is 10.2 Å². The molecule has 0 aliphatic rings. The summed E-state index contributed by atoms with van der Waals surface area (Å²) in [4.78, 5) is 21.8. The van der Waals surface area contributed by atoms with Crippen molar-refractivity contribution >= 4 is 17.6 Å². The smallest absolute Gasteiger partial charge is 0.330 e. The van der Waals surface area contributed by atoms with Crippen molar-refractivity contribution in [2.75, 3.05) is 30.9 Å². The average Bonchev–Trinajstić information content (AvgIpc) is 2.36. The molecule has 0 radical (unpaired) electrons. The van der Waals surface area contributed by atoms with E-state index in [9.17, 15) is 4.79 Å². The number of methoxy groups -OCH3 is 1. The fourth-order valence-corrected chi connectivity index (χ4v) is 1.41. The van der Waals surface area contributed by atoms with Crippen LogP contribution in [0.2, 0.25) is 0 Å². The molecule has 0 bridgehead atoms. The summed E-state index contributed by atoms with van der Waals surface area (Å²) in [6.07, 6.45) is 1.47. The van der Waals surface area contributed by atoms with Gasteiger partial charge in [0.05, 0.1) is 7.11 Å². The predicted octanol–water partition coefficient (Wildman–Crippen LogP) is 1.30. The van der Waals surface area contributed by atoms with Crippen molar-refractivity contribution in [1.29, 1.82) is 0 Å². The van der Waals surface area contributed by atoms with Crippen LogP contribution in [0.25, 0.3) is 0 Å². The highest BCUT2D eigenvalue weighted by Crippen LogP contribution is 2.17. The molecule has 1 N–H and O–H groups in total. The highest BCUT2D eigenvalue weighted by Gasteiger charge is 2.28. The minimum absolute atomic E-state index is 0.341. The topological polar surface area (TPSA) is 67.4 Å². The Labute approximate surface area is 107 Å². The molecular formula is C12H20N4O2. The number of hydrogen-bond acceptors (Lipinski definition) is 6. The summed E-state index contributed by atoms with van der Waals surface area (Å²) in [7, 11) is 3.31. The van der Waals surface area contributed by atoms with E-state index in [4.69, 9.17) is 4.74 Å². The van der Waals surface area contributed by atoms with Crippen LogP contribution in [-0.2, 0) is 9.53 Å². The highest BCUT2D eigenvalue weighted by atomic mass is 16.5. The summed E-state index contributed by atoms with van der Waals surface area (Å²) in [5.74, 6) is 1.05. The van der Waals surface area contributed by atoms with Gasteiger partial charge in [-0.25, -0.2) is 14.8 Å². The lowest BCUT2D eigenvalue weighted by Crippen LogP contribution is -2.41. The van der Waals surface area contributed by atoms with Gasteiger partial charge in [0.25, 0.3) is 0 Å². The molecule has 6 nitrogen and oxygen atoms in total. The first kappa shape index (κ1) is 14.2. The third-order valence-electron chi connectivity index (χ3n) is 2.65. The quantitative estimate of drug-likeness (QED) is 0.797. The summed E-state index contributed by atoms with van der Waals surface area (Å²) in [5, 5.41) is 3.04. The molecule has 1 heterocycles. The molecule has 0 spiro atoms. The summed E-state index contributed by atoms with van der Waals surface area (Å²) in [6, 6.07) is 1.80. The molecule has 0 saturated carbocycles. The van der Waals surface area contributed by atoms with Gasteiger partial charge in [-0.15, -0.1) is 0 Å². The van der Waals surface area contributed by atoms with Crippen molar-refractivity contribution in [3.8, 4) is 0 Å². The summed E-state index contributed by atoms with van der Waals surface area (Å²) in [5.41, 5.74) is -0.828. The van der Waals surface area contributed by atoms with E-state index >= 15 is 0 Å².